The van der Waals surface area contributed by atoms with Gasteiger partial charge in [0, 0.05) is 7.05 Å². The summed E-state index contributed by atoms with van der Waals surface area (Å²) in [4.78, 5) is 34.8. The van der Waals surface area contributed by atoms with Gasteiger partial charge in [0.1, 0.15) is 0 Å². The van der Waals surface area contributed by atoms with Crippen molar-refractivity contribution >= 4 is 17.9 Å². The minimum Gasteiger partial charge on any atom is -0.452 e. The van der Waals surface area contributed by atoms with Crippen LogP contribution in [-0.2, 0) is 14.3 Å². The zero-order chi connectivity index (χ0) is 16.5. The molecule has 6 nitrogen and oxygen atoms in total. The van der Waals surface area contributed by atoms with Crippen molar-refractivity contribution in [2.75, 3.05) is 7.05 Å². The highest BCUT2D eigenvalue weighted by atomic mass is 16.5. The topological polar surface area (TPSA) is 84.5 Å². The summed E-state index contributed by atoms with van der Waals surface area (Å²) in [5.74, 6) is -0.330. The van der Waals surface area contributed by atoms with Gasteiger partial charge < -0.3 is 10.1 Å². The monoisotopic (exact) mass is 312 g/mol. The average Bonchev–Trinajstić information content (AvgIpc) is 2.52. The van der Waals surface area contributed by atoms with Crippen LogP contribution in [0.4, 0.5) is 4.79 Å². The standard InChI is InChI=1S/C16H28N2O4/c1-4-5-6-12-7-9-13(10-8-12)15(20)22-11(2)14(19)18-16(21)17-3/h11-13H,4-10H2,1-3H3,(H2,17,18,19,21)/t11-,12?,13?/m1/s1. The summed E-state index contributed by atoms with van der Waals surface area (Å²) in [7, 11) is 1.41. The van der Waals surface area contributed by atoms with Crippen LogP contribution < -0.4 is 10.6 Å². The van der Waals surface area contributed by atoms with E-state index < -0.39 is 18.0 Å². The highest BCUT2D eigenvalue weighted by Crippen LogP contribution is 2.32. The Bertz CT molecular complexity index is 390. The number of hydrogen-bond donors (Lipinski definition) is 2. The van der Waals surface area contributed by atoms with Gasteiger partial charge in [0.15, 0.2) is 6.10 Å². The molecule has 126 valence electrons. The summed E-state index contributed by atoms with van der Waals surface area (Å²) >= 11 is 0. The van der Waals surface area contributed by atoms with Gasteiger partial charge in [0.2, 0.25) is 0 Å². The summed E-state index contributed by atoms with van der Waals surface area (Å²) < 4.78 is 5.18. The van der Waals surface area contributed by atoms with Gasteiger partial charge in [-0.1, -0.05) is 26.2 Å². The second-order valence-corrected chi connectivity index (χ2v) is 6.01. The lowest BCUT2D eigenvalue weighted by Gasteiger charge is -2.27. The van der Waals surface area contributed by atoms with Crippen molar-refractivity contribution in [2.45, 2.75) is 64.9 Å². The number of unbranched alkanes of at least 4 members (excludes halogenated alkanes) is 1. The van der Waals surface area contributed by atoms with Crippen LogP contribution in [0.15, 0.2) is 0 Å². The maximum absolute atomic E-state index is 12.1. The van der Waals surface area contributed by atoms with Gasteiger partial charge in [-0.05, 0) is 38.5 Å². The fourth-order valence-corrected chi connectivity index (χ4v) is 2.78. The second kappa shape index (κ2) is 9.43. The third-order valence-corrected chi connectivity index (χ3v) is 4.27. The maximum atomic E-state index is 12.1. The van der Waals surface area contributed by atoms with Gasteiger partial charge in [-0.15, -0.1) is 0 Å². The van der Waals surface area contributed by atoms with E-state index in [1.807, 2.05) is 0 Å². The summed E-state index contributed by atoms with van der Waals surface area (Å²) in [5, 5.41) is 4.38. The number of hydrogen-bond acceptors (Lipinski definition) is 4. The molecule has 1 aliphatic carbocycles. The Morgan fingerprint density at radius 2 is 1.82 bits per heavy atom. The molecule has 0 saturated heterocycles. The molecule has 0 aliphatic heterocycles. The first kappa shape index (κ1) is 18.5. The third kappa shape index (κ3) is 6.03. The minimum atomic E-state index is -0.956. The van der Waals surface area contributed by atoms with Crippen LogP contribution in [0.3, 0.4) is 0 Å². The van der Waals surface area contributed by atoms with Crippen molar-refractivity contribution in [1.82, 2.24) is 10.6 Å². The number of urea groups is 1. The van der Waals surface area contributed by atoms with Crippen LogP contribution in [0.25, 0.3) is 0 Å². The summed E-state index contributed by atoms with van der Waals surface area (Å²) in [6.07, 6.45) is 6.51. The zero-order valence-electron chi connectivity index (χ0n) is 13.8. The van der Waals surface area contributed by atoms with Gasteiger partial charge in [-0.25, -0.2) is 4.79 Å². The largest absolute Gasteiger partial charge is 0.452 e. The Morgan fingerprint density at radius 1 is 1.18 bits per heavy atom. The average molecular weight is 312 g/mol. The minimum absolute atomic E-state index is 0.117. The Hall–Kier alpha value is -1.59. The summed E-state index contributed by atoms with van der Waals surface area (Å²) in [5.41, 5.74) is 0. The van der Waals surface area contributed by atoms with E-state index >= 15 is 0 Å². The smallest absolute Gasteiger partial charge is 0.321 e. The first-order chi connectivity index (χ1) is 10.5. The normalized spacial score (nSPS) is 22.5. The molecule has 0 heterocycles. The van der Waals surface area contributed by atoms with Gasteiger partial charge in [-0.2, -0.15) is 0 Å². The fraction of sp³-hybridized carbons (Fsp3) is 0.812. The molecule has 1 atom stereocenters. The molecule has 6 heteroatoms. The lowest BCUT2D eigenvalue weighted by Crippen LogP contribution is -2.44. The molecular formula is C16H28N2O4. The van der Waals surface area contributed by atoms with Gasteiger partial charge >= 0.3 is 12.0 Å². The van der Waals surface area contributed by atoms with Gasteiger partial charge in [-0.3, -0.25) is 14.9 Å². The zero-order valence-corrected chi connectivity index (χ0v) is 13.8. The van der Waals surface area contributed by atoms with Crippen LogP contribution >= 0.6 is 0 Å². The van der Waals surface area contributed by atoms with Crippen molar-refractivity contribution in [3.8, 4) is 0 Å². The predicted molar refractivity (Wildman–Crippen MR) is 83.1 cm³/mol. The number of carbonyl (C=O) groups excluding carboxylic acids is 3. The molecule has 1 fully saturated rings. The van der Waals surface area contributed by atoms with Crippen LogP contribution in [0.1, 0.15) is 58.8 Å². The van der Waals surface area contributed by atoms with E-state index in [1.54, 1.807) is 0 Å². The number of ether oxygens (including phenoxy) is 1. The predicted octanol–water partition coefficient (Wildman–Crippen LogP) is 2.37. The highest BCUT2D eigenvalue weighted by Gasteiger charge is 2.29. The first-order valence-corrected chi connectivity index (χ1v) is 8.21. The molecule has 0 radical (unpaired) electrons. The van der Waals surface area contributed by atoms with E-state index in [1.165, 1.54) is 33.2 Å². The molecule has 3 amide bonds. The van der Waals surface area contributed by atoms with E-state index in [0.29, 0.717) is 0 Å². The lowest BCUT2D eigenvalue weighted by molar-refractivity contribution is -0.159. The number of nitrogens with one attached hydrogen (secondary N) is 2. The van der Waals surface area contributed by atoms with E-state index in [9.17, 15) is 14.4 Å². The van der Waals surface area contributed by atoms with Crippen molar-refractivity contribution in [1.29, 1.82) is 0 Å². The Kier molecular flexibility index (Phi) is 7.91. The Labute approximate surface area is 132 Å². The van der Waals surface area contributed by atoms with Gasteiger partial charge in [0.05, 0.1) is 5.92 Å². The SMILES string of the molecule is CCCCC1CCC(C(=O)O[C@H](C)C(=O)NC(=O)NC)CC1. The second-order valence-electron chi connectivity index (χ2n) is 6.01. The van der Waals surface area contributed by atoms with Crippen molar-refractivity contribution < 1.29 is 19.1 Å². The van der Waals surface area contributed by atoms with E-state index in [-0.39, 0.29) is 11.9 Å². The number of amides is 3. The number of rotatable bonds is 6. The quantitative estimate of drug-likeness (QED) is 0.737. The third-order valence-electron chi connectivity index (χ3n) is 4.27. The van der Waals surface area contributed by atoms with Crippen molar-refractivity contribution in [3.05, 3.63) is 0 Å². The Balaban J connectivity index is 2.33. The van der Waals surface area contributed by atoms with Crippen LogP contribution in [-0.4, -0.2) is 31.1 Å². The summed E-state index contributed by atoms with van der Waals surface area (Å²) in [6.45, 7) is 3.66. The molecule has 2 N–H and O–H groups in total. The molecule has 1 saturated carbocycles. The molecule has 0 aromatic carbocycles. The molecule has 0 bridgehead atoms. The maximum Gasteiger partial charge on any atom is 0.321 e. The number of esters is 1. The number of imide groups is 1. The molecule has 1 aliphatic rings. The van der Waals surface area contributed by atoms with Crippen LogP contribution in [0.5, 0.6) is 0 Å². The molecule has 0 aromatic heterocycles. The lowest BCUT2D eigenvalue weighted by atomic mass is 9.80. The fourth-order valence-electron chi connectivity index (χ4n) is 2.78. The molecule has 0 spiro atoms. The molecule has 1 rings (SSSR count). The summed E-state index contributed by atoms with van der Waals surface area (Å²) in [6, 6.07) is -0.607. The van der Waals surface area contributed by atoms with E-state index in [0.717, 1.165) is 31.6 Å². The first-order valence-electron chi connectivity index (χ1n) is 8.21. The molecule has 22 heavy (non-hydrogen) atoms. The van der Waals surface area contributed by atoms with Crippen LogP contribution in [0.2, 0.25) is 0 Å². The Morgan fingerprint density at radius 3 is 2.36 bits per heavy atom. The van der Waals surface area contributed by atoms with E-state index in [2.05, 4.69) is 17.6 Å². The van der Waals surface area contributed by atoms with Crippen molar-refractivity contribution in [2.24, 2.45) is 11.8 Å². The molecular weight excluding hydrogens is 284 g/mol. The van der Waals surface area contributed by atoms with E-state index in [4.69, 9.17) is 4.74 Å². The van der Waals surface area contributed by atoms with Crippen LogP contribution in [0, 0.1) is 11.8 Å². The highest BCUT2D eigenvalue weighted by molar-refractivity contribution is 5.97. The number of carbonyl (C=O) groups is 3. The van der Waals surface area contributed by atoms with Crippen molar-refractivity contribution in [3.63, 3.8) is 0 Å². The molecule has 0 aromatic rings. The van der Waals surface area contributed by atoms with Gasteiger partial charge in [0.25, 0.3) is 5.91 Å². The molecule has 0 unspecified atom stereocenters.